The van der Waals surface area contributed by atoms with Gasteiger partial charge in [0, 0.05) is 24.0 Å². The minimum atomic E-state index is -0.126. The molecule has 0 fully saturated rings. The quantitative estimate of drug-likeness (QED) is 0.839. The number of aromatic nitrogens is 1. The van der Waals surface area contributed by atoms with E-state index in [4.69, 9.17) is 5.73 Å². The van der Waals surface area contributed by atoms with E-state index in [9.17, 15) is 4.79 Å². The van der Waals surface area contributed by atoms with Gasteiger partial charge in [-0.05, 0) is 36.8 Å². The Morgan fingerprint density at radius 1 is 1.33 bits per heavy atom. The second kappa shape index (κ2) is 7.22. The highest BCUT2D eigenvalue weighted by Crippen LogP contribution is 2.06. The summed E-state index contributed by atoms with van der Waals surface area (Å²) in [6.45, 7) is 2.60. The van der Waals surface area contributed by atoms with Gasteiger partial charge in [-0.25, -0.2) is 0 Å². The fraction of sp³-hybridized carbons (Fsp3) is 0.176. The van der Waals surface area contributed by atoms with Crippen molar-refractivity contribution in [1.82, 2.24) is 10.3 Å². The molecule has 0 aliphatic heterocycles. The lowest BCUT2D eigenvalue weighted by molar-refractivity contribution is 0.0950. The first-order chi connectivity index (χ1) is 10.2. The first-order valence-corrected chi connectivity index (χ1v) is 6.68. The van der Waals surface area contributed by atoms with Crippen LogP contribution in [0.5, 0.6) is 0 Å². The fourth-order valence-electron chi connectivity index (χ4n) is 1.91. The molecule has 0 aliphatic rings. The van der Waals surface area contributed by atoms with Gasteiger partial charge in [0.15, 0.2) is 0 Å². The number of nitrogens with one attached hydrogen (secondary N) is 1. The van der Waals surface area contributed by atoms with Crippen LogP contribution in [0.4, 0.5) is 0 Å². The Morgan fingerprint density at radius 2 is 2.19 bits per heavy atom. The summed E-state index contributed by atoms with van der Waals surface area (Å²) in [5.41, 5.74) is 8.56. The van der Waals surface area contributed by atoms with E-state index in [1.807, 2.05) is 31.2 Å². The van der Waals surface area contributed by atoms with E-state index in [1.165, 1.54) is 0 Å². The van der Waals surface area contributed by atoms with E-state index in [1.54, 1.807) is 18.3 Å². The summed E-state index contributed by atoms with van der Waals surface area (Å²) in [5.74, 6) is 5.66. The second-order valence-electron chi connectivity index (χ2n) is 4.53. The molecular formula is C17H17N3O. The van der Waals surface area contributed by atoms with Gasteiger partial charge in [-0.1, -0.05) is 24.0 Å². The Balaban J connectivity index is 2.03. The van der Waals surface area contributed by atoms with Gasteiger partial charge in [-0.2, -0.15) is 0 Å². The van der Waals surface area contributed by atoms with E-state index in [0.717, 1.165) is 16.8 Å². The van der Waals surface area contributed by atoms with E-state index in [0.29, 0.717) is 18.7 Å². The molecular weight excluding hydrogens is 262 g/mol. The van der Waals surface area contributed by atoms with Crippen molar-refractivity contribution in [3.8, 4) is 11.8 Å². The fourth-order valence-corrected chi connectivity index (χ4v) is 1.91. The van der Waals surface area contributed by atoms with Crippen molar-refractivity contribution in [3.63, 3.8) is 0 Å². The van der Waals surface area contributed by atoms with Crippen LogP contribution in [0.2, 0.25) is 0 Å². The number of nitrogens with zero attached hydrogens (tertiary/aromatic N) is 1. The molecule has 2 aromatic rings. The van der Waals surface area contributed by atoms with Gasteiger partial charge in [0.05, 0.1) is 12.1 Å². The number of hydrogen-bond donors (Lipinski definition) is 2. The Kier molecular flexibility index (Phi) is 5.08. The van der Waals surface area contributed by atoms with Crippen LogP contribution in [0.15, 0.2) is 42.6 Å². The Hall–Kier alpha value is -2.64. The van der Waals surface area contributed by atoms with Crippen molar-refractivity contribution in [2.75, 3.05) is 6.54 Å². The number of hydrogen-bond acceptors (Lipinski definition) is 3. The van der Waals surface area contributed by atoms with Crippen LogP contribution in [-0.4, -0.2) is 17.4 Å². The van der Waals surface area contributed by atoms with E-state index in [2.05, 4.69) is 22.1 Å². The minimum absolute atomic E-state index is 0.126. The van der Waals surface area contributed by atoms with Gasteiger partial charge >= 0.3 is 0 Å². The largest absolute Gasteiger partial charge is 0.348 e. The molecule has 21 heavy (non-hydrogen) atoms. The molecule has 4 heteroatoms. The molecule has 0 bridgehead atoms. The SMILES string of the molecule is Cc1ncccc1C(=O)NCc1cccc(C#CCN)c1. The third-order valence-corrected chi connectivity index (χ3v) is 2.97. The molecule has 0 saturated carbocycles. The van der Waals surface area contributed by atoms with Gasteiger partial charge in [0.1, 0.15) is 0 Å². The molecule has 3 N–H and O–H groups in total. The lowest BCUT2D eigenvalue weighted by atomic mass is 10.1. The normalized spacial score (nSPS) is 9.62. The summed E-state index contributed by atoms with van der Waals surface area (Å²) in [5, 5.41) is 2.89. The summed E-state index contributed by atoms with van der Waals surface area (Å²) in [6.07, 6.45) is 1.67. The van der Waals surface area contributed by atoms with Crippen LogP contribution in [0.3, 0.4) is 0 Å². The molecule has 4 nitrogen and oxygen atoms in total. The highest BCUT2D eigenvalue weighted by atomic mass is 16.1. The molecule has 1 aromatic heterocycles. The number of carbonyl (C=O) groups is 1. The molecule has 0 spiro atoms. The predicted octanol–water partition coefficient (Wildman–Crippen LogP) is 1.63. The average molecular weight is 279 g/mol. The summed E-state index contributed by atoms with van der Waals surface area (Å²) >= 11 is 0. The zero-order valence-corrected chi connectivity index (χ0v) is 11.9. The molecule has 1 heterocycles. The lowest BCUT2D eigenvalue weighted by Gasteiger charge is -2.07. The van der Waals surface area contributed by atoms with Crippen LogP contribution in [0.1, 0.15) is 27.2 Å². The third kappa shape index (κ3) is 4.16. The predicted molar refractivity (Wildman–Crippen MR) is 82.5 cm³/mol. The van der Waals surface area contributed by atoms with Crippen molar-refractivity contribution in [2.45, 2.75) is 13.5 Å². The molecule has 0 saturated heterocycles. The van der Waals surface area contributed by atoms with Crippen LogP contribution in [0, 0.1) is 18.8 Å². The highest BCUT2D eigenvalue weighted by Gasteiger charge is 2.08. The molecule has 0 aliphatic carbocycles. The number of nitrogens with two attached hydrogens (primary N) is 1. The molecule has 0 radical (unpaired) electrons. The third-order valence-electron chi connectivity index (χ3n) is 2.97. The van der Waals surface area contributed by atoms with E-state index < -0.39 is 0 Å². The Bertz CT molecular complexity index is 698. The van der Waals surface area contributed by atoms with Crippen molar-refractivity contribution in [1.29, 1.82) is 0 Å². The molecule has 1 aromatic carbocycles. The Labute approximate surface area is 124 Å². The summed E-state index contributed by atoms with van der Waals surface area (Å²) in [6, 6.07) is 11.2. The maximum atomic E-state index is 12.1. The maximum absolute atomic E-state index is 12.1. The number of rotatable bonds is 3. The first-order valence-electron chi connectivity index (χ1n) is 6.68. The first kappa shape index (κ1) is 14.8. The zero-order valence-electron chi connectivity index (χ0n) is 11.9. The number of amides is 1. The summed E-state index contributed by atoms with van der Waals surface area (Å²) in [4.78, 5) is 16.2. The molecule has 0 unspecified atom stereocenters. The highest BCUT2D eigenvalue weighted by molar-refractivity contribution is 5.95. The van der Waals surface area contributed by atoms with Gasteiger partial charge in [0.25, 0.3) is 5.91 Å². The monoisotopic (exact) mass is 279 g/mol. The zero-order chi connectivity index (χ0) is 15.1. The average Bonchev–Trinajstić information content (AvgIpc) is 2.51. The standard InChI is InChI=1S/C17H17N3O/c1-13-16(8-4-10-19-13)17(21)20-12-15-6-2-5-14(11-15)7-3-9-18/h2,4-6,8,10-11H,9,12,18H2,1H3,(H,20,21). The van der Waals surface area contributed by atoms with Crippen molar-refractivity contribution >= 4 is 5.91 Å². The second-order valence-corrected chi connectivity index (χ2v) is 4.53. The van der Waals surface area contributed by atoms with Gasteiger partial charge < -0.3 is 11.1 Å². The van der Waals surface area contributed by atoms with Crippen LogP contribution >= 0.6 is 0 Å². The van der Waals surface area contributed by atoms with Crippen molar-refractivity contribution < 1.29 is 4.79 Å². The molecule has 1 amide bonds. The maximum Gasteiger partial charge on any atom is 0.253 e. The van der Waals surface area contributed by atoms with Gasteiger partial charge in [-0.3, -0.25) is 9.78 Å². The van der Waals surface area contributed by atoms with Crippen LogP contribution < -0.4 is 11.1 Å². The molecule has 2 rings (SSSR count). The molecule has 0 atom stereocenters. The number of benzene rings is 1. The van der Waals surface area contributed by atoms with E-state index >= 15 is 0 Å². The summed E-state index contributed by atoms with van der Waals surface area (Å²) < 4.78 is 0. The minimum Gasteiger partial charge on any atom is -0.348 e. The van der Waals surface area contributed by atoms with Gasteiger partial charge in [-0.15, -0.1) is 0 Å². The summed E-state index contributed by atoms with van der Waals surface area (Å²) in [7, 11) is 0. The van der Waals surface area contributed by atoms with E-state index in [-0.39, 0.29) is 5.91 Å². The smallest absolute Gasteiger partial charge is 0.253 e. The van der Waals surface area contributed by atoms with Crippen LogP contribution in [0.25, 0.3) is 0 Å². The molecule has 106 valence electrons. The van der Waals surface area contributed by atoms with Gasteiger partial charge in [0.2, 0.25) is 0 Å². The number of pyridine rings is 1. The van der Waals surface area contributed by atoms with Crippen molar-refractivity contribution in [2.24, 2.45) is 5.73 Å². The number of aryl methyl sites for hydroxylation is 1. The lowest BCUT2D eigenvalue weighted by Crippen LogP contribution is -2.23. The number of carbonyl (C=O) groups excluding carboxylic acids is 1. The topological polar surface area (TPSA) is 68.0 Å². The van der Waals surface area contributed by atoms with Crippen LogP contribution in [-0.2, 0) is 6.54 Å². The Morgan fingerprint density at radius 3 is 2.95 bits per heavy atom. The van der Waals surface area contributed by atoms with Crippen molar-refractivity contribution in [3.05, 3.63) is 65.0 Å².